The third-order valence-electron chi connectivity index (χ3n) is 4.89. The molecule has 7 nitrogen and oxygen atoms in total. The highest BCUT2D eigenvalue weighted by Crippen LogP contribution is 2.27. The number of aromatic nitrogens is 3. The Morgan fingerprint density at radius 2 is 1.91 bits per heavy atom. The Morgan fingerprint density at radius 3 is 2.62 bits per heavy atom. The number of nitrogens with zero attached hydrogens (tertiary/aromatic N) is 4. The first kappa shape index (κ1) is 21.8. The van der Waals surface area contributed by atoms with Gasteiger partial charge in [-0.05, 0) is 49.7 Å². The molecule has 0 unspecified atom stereocenters. The Labute approximate surface area is 183 Å². The number of morpholine rings is 1. The number of benzene rings is 1. The van der Waals surface area contributed by atoms with Gasteiger partial charge >= 0.3 is 6.61 Å². The van der Waals surface area contributed by atoms with E-state index in [-0.39, 0.29) is 17.2 Å². The largest absolute Gasteiger partial charge is 0.435 e. The summed E-state index contributed by atoms with van der Waals surface area (Å²) in [6.07, 6.45) is 1.52. The van der Waals surface area contributed by atoms with Crippen LogP contribution in [0.15, 0.2) is 48.7 Å². The lowest BCUT2D eigenvalue weighted by atomic mass is 10.1. The van der Waals surface area contributed by atoms with Gasteiger partial charge in [0.05, 0.1) is 18.4 Å². The minimum atomic E-state index is -2.89. The van der Waals surface area contributed by atoms with E-state index < -0.39 is 12.4 Å². The molecule has 1 aliphatic rings. The van der Waals surface area contributed by atoms with Gasteiger partial charge in [-0.15, -0.1) is 5.10 Å². The Bertz CT molecular complexity index is 1080. The monoisotopic (exact) mass is 445 g/mol. The molecule has 0 aliphatic carbocycles. The van der Waals surface area contributed by atoms with Crippen LogP contribution in [-0.4, -0.2) is 47.1 Å². The van der Waals surface area contributed by atoms with Gasteiger partial charge in [0.1, 0.15) is 11.6 Å². The number of nitrogens with one attached hydrogen (secondary N) is 1. The molecule has 168 valence electrons. The SMILES string of the molecule is CC1(C)CN(c2ccc(F)c(Nc3cc(-c4ccc(OC(F)F)cc4)cnn3)n2)CCO1. The summed E-state index contributed by atoms with van der Waals surface area (Å²) in [6, 6.07) is 10.8. The predicted molar refractivity (Wildman–Crippen MR) is 114 cm³/mol. The second kappa shape index (κ2) is 8.99. The minimum Gasteiger partial charge on any atom is -0.435 e. The van der Waals surface area contributed by atoms with Gasteiger partial charge in [-0.1, -0.05) is 12.1 Å². The van der Waals surface area contributed by atoms with Crippen molar-refractivity contribution in [3.63, 3.8) is 0 Å². The van der Waals surface area contributed by atoms with Crippen LogP contribution in [-0.2, 0) is 4.74 Å². The molecule has 0 bridgehead atoms. The van der Waals surface area contributed by atoms with Crippen LogP contribution < -0.4 is 15.0 Å². The molecule has 2 aromatic heterocycles. The van der Waals surface area contributed by atoms with Crippen molar-refractivity contribution in [2.75, 3.05) is 29.9 Å². The van der Waals surface area contributed by atoms with E-state index in [1.807, 2.05) is 18.7 Å². The summed E-state index contributed by atoms with van der Waals surface area (Å²) in [5.41, 5.74) is 1.05. The van der Waals surface area contributed by atoms with Gasteiger partial charge < -0.3 is 19.7 Å². The molecule has 4 rings (SSSR count). The Kier molecular flexibility index (Phi) is 6.13. The van der Waals surface area contributed by atoms with Crippen LogP contribution in [0.3, 0.4) is 0 Å². The third kappa shape index (κ3) is 5.25. The summed E-state index contributed by atoms with van der Waals surface area (Å²) in [5, 5.41) is 10.8. The van der Waals surface area contributed by atoms with Crippen LogP contribution >= 0.6 is 0 Å². The minimum absolute atomic E-state index is 0.0268. The van der Waals surface area contributed by atoms with Gasteiger partial charge in [-0.2, -0.15) is 13.9 Å². The van der Waals surface area contributed by atoms with E-state index >= 15 is 0 Å². The number of ether oxygens (including phenoxy) is 2. The zero-order valence-corrected chi connectivity index (χ0v) is 17.6. The summed E-state index contributed by atoms with van der Waals surface area (Å²) >= 11 is 0. The fourth-order valence-corrected chi connectivity index (χ4v) is 3.44. The van der Waals surface area contributed by atoms with Crippen molar-refractivity contribution >= 4 is 17.5 Å². The van der Waals surface area contributed by atoms with Gasteiger partial charge in [0.25, 0.3) is 0 Å². The Balaban J connectivity index is 1.53. The van der Waals surface area contributed by atoms with Gasteiger partial charge in [-0.3, -0.25) is 0 Å². The maximum Gasteiger partial charge on any atom is 0.387 e. The molecule has 1 fully saturated rings. The van der Waals surface area contributed by atoms with Gasteiger partial charge in [-0.25, -0.2) is 9.37 Å². The number of anilines is 3. The quantitative estimate of drug-likeness (QED) is 0.593. The maximum absolute atomic E-state index is 14.5. The number of hydrogen-bond acceptors (Lipinski definition) is 7. The highest BCUT2D eigenvalue weighted by molar-refractivity contribution is 5.68. The highest BCUT2D eigenvalue weighted by atomic mass is 19.3. The van der Waals surface area contributed by atoms with Crippen molar-refractivity contribution in [2.45, 2.75) is 26.1 Å². The van der Waals surface area contributed by atoms with Crippen molar-refractivity contribution in [1.82, 2.24) is 15.2 Å². The first-order chi connectivity index (χ1) is 15.3. The van der Waals surface area contributed by atoms with E-state index in [2.05, 4.69) is 25.2 Å². The molecular formula is C22H22F3N5O2. The van der Waals surface area contributed by atoms with E-state index in [4.69, 9.17) is 4.74 Å². The third-order valence-corrected chi connectivity index (χ3v) is 4.89. The van der Waals surface area contributed by atoms with Crippen molar-refractivity contribution in [2.24, 2.45) is 0 Å². The second-order valence-corrected chi connectivity index (χ2v) is 7.89. The number of alkyl halides is 2. The summed E-state index contributed by atoms with van der Waals surface area (Å²) < 4.78 is 49.2. The van der Waals surface area contributed by atoms with E-state index in [1.165, 1.54) is 24.4 Å². The molecule has 0 saturated carbocycles. The zero-order chi connectivity index (χ0) is 22.7. The summed E-state index contributed by atoms with van der Waals surface area (Å²) in [5.74, 6) is 0.477. The standard InChI is InChI=1S/C22H22F3N5O2/c1-22(2)13-30(9-10-31-22)19-8-7-17(23)20(28-19)27-18-11-15(12-26-29-18)14-3-5-16(6-4-14)32-21(24)25/h3-8,11-12,21H,9-10,13H2,1-2H3,(H,27,28,29). The molecule has 32 heavy (non-hydrogen) atoms. The summed E-state index contributed by atoms with van der Waals surface area (Å²) in [7, 11) is 0. The van der Waals surface area contributed by atoms with Crippen molar-refractivity contribution < 1.29 is 22.6 Å². The molecule has 0 atom stereocenters. The molecule has 0 amide bonds. The number of rotatable bonds is 6. The number of hydrogen-bond donors (Lipinski definition) is 1. The van der Waals surface area contributed by atoms with E-state index in [0.29, 0.717) is 42.5 Å². The average molecular weight is 445 g/mol. The zero-order valence-electron chi connectivity index (χ0n) is 17.6. The Morgan fingerprint density at radius 1 is 1.12 bits per heavy atom. The van der Waals surface area contributed by atoms with Crippen LogP contribution in [0.2, 0.25) is 0 Å². The molecule has 1 N–H and O–H groups in total. The van der Waals surface area contributed by atoms with Crippen LogP contribution in [0.5, 0.6) is 5.75 Å². The van der Waals surface area contributed by atoms with Crippen molar-refractivity contribution in [1.29, 1.82) is 0 Å². The molecule has 1 aliphatic heterocycles. The van der Waals surface area contributed by atoms with Crippen LogP contribution in [0.25, 0.3) is 11.1 Å². The normalized spacial score (nSPS) is 15.6. The van der Waals surface area contributed by atoms with Crippen LogP contribution in [0.4, 0.5) is 30.6 Å². The lowest BCUT2D eigenvalue weighted by molar-refractivity contribution is -0.0498. The van der Waals surface area contributed by atoms with E-state index in [1.54, 1.807) is 24.3 Å². The van der Waals surface area contributed by atoms with Crippen LogP contribution in [0, 0.1) is 5.82 Å². The first-order valence-corrected chi connectivity index (χ1v) is 9.99. The molecule has 1 saturated heterocycles. The molecule has 0 radical (unpaired) electrons. The van der Waals surface area contributed by atoms with Crippen molar-refractivity contribution in [3.8, 4) is 16.9 Å². The van der Waals surface area contributed by atoms with Gasteiger partial charge in [0, 0.05) is 18.7 Å². The molecule has 3 aromatic rings. The van der Waals surface area contributed by atoms with E-state index in [9.17, 15) is 13.2 Å². The lowest BCUT2D eigenvalue weighted by Gasteiger charge is -2.38. The second-order valence-electron chi connectivity index (χ2n) is 7.89. The van der Waals surface area contributed by atoms with Gasteiger partial charge in [0.2, 0.25) is 0 Å². The molecule has 10 heteroatoms. The Hall–Kier alpha value is -3.40. The average Bonchev–Trinajstić information content (AvgIpc) is 2.75. The fraction of sp³-hybridized carbons (Fsp3) is 0.318. The van der Waals surface area contributed by atoms with E-state index in [0.717, 1.165) is 0 Å². The number of pyridine rings is 1. The predicted octanol–water partition coefficient (Wildman–Crippen LogP) is 4.64. The fourth-order valence-electron chi connectivity index (χ4n) is 3.44. The molecule has 0 spiro atoms. The van der Waals surface area contributed by atoms with Crippen molar-refractivity contribution in [3.05, 3.63) is 54.5 Å². The maximum atomic E-state index is 14.5. The first-order valence-electron chi connectivity index (χ1n) is 9.99. The molecule has 3 heterocycles. The number of halogens is 3. The smallest absolute Gasteiger partial charge is 0.387 e. The topological polar surface area (TPSA) is 72.4 Å². The summed E-state index contributed by atoms with van der Waals surface area (Å²) in [6.45, 7) is 2.95. The highest BCUT2D eigenvalue weighted by Gasteiger charge is 2.28. The summed E-state index contributed by atoms with van der Waals surface area (Å²) in [4.78, 5) is 6.47. The lowest BCUT2D eigenvalue weighted by Crippen LogP contribution is -2.48. The van der Waals surface area contributed by atoms with Gasteiger partial charge in [0.15, 0.2) is 17.5 Å². The molecular weight excluding hydrogens is 423 g/mol. The molecule has 1 aromatic carbocycles. The van der Waals surface area contributed by atoms with Crippen LogP contribution in [0.1, 0.15) is 13.8 Å².